The van der Waals surface area contributed by atoms with E-state index in [4.69, 9.17) is 0 Å². The van der Waals surface area contributed by atoms with Crippen molar-refractivity contribution in [2.45, 2.75) is 25.3 Å². The maximum Gasteiger partial charge on any atom is 0.253 e. The Kier molecular flexibility index (Phi) is 4.39. The van der Waals surface area contributed by atoms with Gasteiger partial charge in [0.15, 0.2) is 0 Å². The fourth-order valence-corrected chi connectivity index (χ4v) is 4.16. The van der Waals surface area contributed by atoms with Crippen LogP contribution in [0.4, 0.5) is 0 Å². The first-order valence-corrected chi connectivity index (χ1v) is 8.24. The molecular weight excluding hydrogens is 292 g/mol. The lowest BCUT2D eigenvalue weighted by Gasteiger charge is -2.30. The molecule has 2 aliphatic rings. The highest BCUT2D eigenvalue weighted by Gasteiger charge is 2.47. The summed E-state index contributed by atoms with van der Waals surface area (Å²) in [5.41, 5.74) is 1.12. The minimum atomic E-state index is -0.121. The molecule has 0 aromatic heterocycles. The zero-order chi connectivity index (χ0) is 16.6. The van der Waals surface area contributed by atoms with Crippen LogP contribution in [0.3, 0.4) is 0 Å². The number of carbonyl (C=O) groups excluding carboxylic acids is 2. The topological polar surface area (TPSA) is 69.6 Å². The van der Waals surface area contributed by atoms with Crippen LogP contribution in [0.2, 0.25) is 0 Å². The summed E-state index contributed by atoms with van der Waals surface area (Å²) in [5.74, 6) is 1.04. The van der Waals surface area contributed by atoms with Gasteiger partial charge in [0.2, 0.25) is 0 Å². The highest BCUT2D eigenvalue weighted by atomic mass is 16.3. The van der Waals surface area contributed by atoms with Crippen molar-refractivity contribution in [2.24, 2.45) is 17.8 Å². The zero-order valence-corrected chi connectivity index (χ0v) is 13.7. The van der Waals surface area contributed by atoms with E-state index in [-0.39, 0.29) is 30.4 Å². The van der Waals surface area contributed by atoms with Gasteiger partial charge < -0.3 is 15.3 Å². The number of nitrogens with one attached hydrogen (secondary N) is 1. The molecule has 2 aliphatic carbocycles. The molecule has 0 radical (unpaired) electrons. The Labute approximate surface area is 136 Å². The maximum absolute atomic E-state index is 12.5. The average molecular weight is 316 g/mol. The molecule has 2 bridgehead atoms. The highest BCUT2D eigenvalue weighted by molar-refractivity contribution is 5.97. The molecule has 0 saturated heterocycles. The van der Waals surface area contributed by atoms with Crippen LogP contribution in [-0.2, 0) is 0 Å². The summed E-state index contributed by atoms with van der Waals surface area (Å²) in [6.45, 7) is 0.141. The average Bonchev–Trinajstić information content (AvgIpc) is 3.15. The molecule has 4 unspecified atom stereocenters. The summed E-state index contributed by atoms with van der Waals surface area (Å²) in [7, 11) is 3.40. The van der Waals surface area contributed by atoms with Gasteiger partial charge in [0.05, 0.1) is 0 Å². The minimum Gasteiger partial charge on any atom is -0.396 e. The maximum atomic E-state index is 12.5. The Morgan fingerprint density at radius 1 is 1.13 bits per heavy atom. The van der Waals surface area contributed by atoms with E-state index in [1.54, 1.807) is 38.4 Å². The van der Waals surface area contributed by atoms with Gasteiger partial charge in [-0.25, -0.2) is 0 Å². The number of rotatable bonds is 4. The largest absolute Gasteiger partial charge is 0.396 e. The number of carbonyl (C=O) groups is 2. The van der Waals surface area contributed by atoms with Crippen LogP contribution in [0, 0.1) is 17.8 Å². The predicted molar refractivity (Wildman–Crippen MR) is 87.1 cm³/mol. The molecule has 2 saturated carbocycles. The first-order chi connectivity index (χ1) is 11.0. The molecule has 3 rings (SSSR count). The summed E-state index contributed by atoms with van der Waals surface area (Å²) >= 11 is 0. The van der Waals surface area contributed by atoms with Gasteiger partial charge in [-0.05, 0) is 55.4 Å². The standard InChI is InChI=1S/C18H24N2O3/c1-20(2)18(23)12-5-3-11(4-6-12)17(22)19-16-14-8-7-13(9-14)15(16)10-21/h3-6,13-16,21H,7-10H2,1-2H3,(H,19,22). The number of hydrogen-bond acceptors (Lipinski definition) is 3. The molecular formula is C18H24N2O3. The van der Waals surface area contributed by atoms with Crippen LogP contribution in [0.15, 0.2) is 24.3 Å². The molecule has 2 amide bonds. The second-order valence-corrected chi connectivity index (χ2v) is 6.96. The molecule has 124 valence electrons. The van der Waals surface area contributed by atoms with Crippen molar-refractivity contribution in [1.29, 1.82) is 0 Å². The summed E-state index contributed by atoms with van der Waals surface area (Å²) in [6, 6.07) is 6.82. The van der Waals surface area contributed by atoms with Gasteiger partial charge in [0.1, 0.15) is 0 Å². The Hall–Kier alpha value is -1.88. The van der Waals surface area contributed by atoms with Crippen LogP contribution in [0.5, 0.6) is 0 Å². The quantitative estimate of drug-likeness (QED) is 0.885. The molecule has 4 atom stereocenters. The fraction of sp³-hybridized carbons (Fsp3) is 0.556. The first-order valence-electron chi connectivity index (χ1n) is 8.24. The van der Waals surface area contributed by atoms with Gasteiger partial charge in [-0.1, -0.05) is 0 Å². The highest BCUT2D eigenvalue weighted by Crippen LogP contribution is 2.48. The van der Waals surface area contributed by atoms with E-state index < -0.39 is 0 Å². The van der Waals surface area contributed by atoms with E-state index >= 15 is 0 Å². The summed E-state index contributed by atoms with van der Waals surface area (Å²) in [5, 5.41) is 12.7. The van der Waals surface area contributed by atoms with Crippen molar-refractivity contribution in [2.75, 3.05) is 20.7 Å². The molecule has 1 aromatic carbocycles. The minimum absolute atomic E-state index is 0.0781. The van der Waals surface area contributed by atoms with Gasteiger partial charge >= 0.3 is 0 Å². The van der Waals surface area contributed by atoms with E-state index in [0.29, 0.717) is 23.0 Å². The summed E-state index contributed by atoms with van der Waals surface area (Å²) in [6.07, 6.45) is 3.43. The van der Waals surface area contributed by atoms with Crippen LogP contribution in [-0.4, -0.2) is 48.6 Å². The van der Waals surface area contributed by atoms with Crippen molar-refractivity contribution >= 4 is 11.8 Å². The molecule has 5 nitrogen and oxygen atoms in total. The second-order valence-electron chi connectivity index (χ2n) is 6.96. The van der Waals surface area contributed by atoms with Crippen molar-refractivity contribution < 1.29 is 14.7 Å². The van der Waals surface area contributed by atoms with Crippen LogP contribution < -0.4 is 5.32 Å². The Morgan fingerprint density at radius 2 is 1.74 bits per heavy atom. The van der Waals surface area contributed by atoms with Gasteiger partial charge in [-0.2, -0.15) is 0 Å². The lowest BCUT2D eigenvalue weighted by atomic mass is 9.85. The third-order valence-electron chi connectivity index (χ3n) is 5.40. The van der Waals surface area contributed by atoms with E-state index in [0.717, 1.165) is 12.8 Å². The molecule has 0 spiro atoms. The molecule has 2 fully saturated rings. The molecule has 0 aliphatic heterocycles. The van der Waals surface area contributed by atoms with E-state index in [1.807, 2.05) is 0 Å². The first kappa shape index (κ1) is 16.0. The number of benzene rings is 1. The number of amides is 2. The Bertz CT molecular complexity index is 597. The van der Waals surface area contributed by atoms with Crippen LogP contribution >= 0.6 is 0 Å². The number of aliphatic hydroxyl groups is 1. The number of aliphatic hydroxyl groups excluding tert-OH is 1. The fourth-order valence-electron chi connectivity index (χ4n) is 4.16. The van der Waals surface area contributed by atoms with Gasteiger partial charge in [0.25, 0.3) is 11.8 Å². The van der Waals surface area contributed by atoms with E-state index in [1.165, 1.54) is 11.3 Å². The third kappa shape index (κ3) is 2.98. The van der Waals surface area contributed by atoms with E-state index in [9.17, 15) is 14.7 Å². The lowest BCUT2D eigenvalue weighted by Crippen LogP contribution is -2.45. The molecule has 2 N–H and O–H groups in total. The second kappa shape index (κ2) is 6.32. The normalized spacial score (nSPS) is 28.7. The van der Waals surface area contributed by atoms with Crippen molar-refractivity contribution in [1.82, 2.24) is 10.2 Å². The number of nitrogens with zero attached hydrogens (tertiary/aromatic N) is 1. The van der Waals surface area contributed by atoms with Crippen molar-refractivity contribution in [3.8, 4) is 0 Å². The van der Waals surface area contributed by atoms with E-state index in [2.05, 4.69) is 5.32 Å². The smallest absolute Gasteiger partial charge is 0.253 e. The number of fused-ring (bicyclic) bond motifs is 2. The molecule has 1 aromatic rings. The zero-order valence-electron chi connectivity index (χ0n) is 13.7. The summed E-state index contributed by atoms with van der Waals surface area (Å²) < 4.78 is 0. The van der Waals surface area contributed by atoms with Crippen LogP contribution in [0.1, 0.15) is 40.0 Å². The molecule has 23 heavy (non-hydrogen) atoms. The molecule has 0 heterocycles. The van der Waals surface area contributed by atoms with Gasteiger partial charge in [0, 0.05) is 43.8 Å². The lowest BCUT2D eigenvalue weighted by molar-refractivity contribution is 0.0823. The van der Waals surface area contributed by atoms with Crippen molar-refractivity contribution in [3.05, 3.63) is 35.4 Å². The van der Waals surface area contributed by atoms with Gasteiger partial charge in [-0.3, -0.25) is 9.59 Å². The molecule has 5 heteroatoms. The monoisotopic (exact) mass is 316 g/mol. The Morgan fingerprint density at radius 3 is 2.35 bits per heavy atom. The van der Waals surface area contributed by atoms with Crippen LogP contribution in [0.25, 0.3) is 0 Å². The van der Waals surface area contributed by atoms with Crippen molar-refractivity contribution in [3.63, 3.8) is 0 Å². The Balaban J connectivity index is 1.68. The predicted octanol–water partition coefficient (Wildman–Crippen LogP) is 1.53. The van der Waals surface area contributed by atoms with Gasteiger partial charge in [-0.15, -0.1) is 0 Å². The SMILES string of the molecule is CN(C)C(=O)c1ccc(C(=O)NC2C3CCC(C3)C2CO)cc1. The third-order valence-corrected chi connectivity index (χ3v) is 5.40. The summed E-state index contributed by atoms with van der Waals surface area (Å²) in [4.78, 5) is 25.8. The number of hydrogen-bond donors (Lipinski definition) is 2.